The van der Waals surface area contributed by atoms with Crippen LogP contribution in [0.15, 0.2) is 67.3 Å². The first-order valence-corrected chi connectivity index (χ1v) is 8.61. The fourth-order valence-electron chi connectivity index (χ4n) is 3.04. The quantitative estimate of drug-likeness (QED) is 0.542. The Morgan fingerprint density at radius 1 is 0.963 bits per heavy atom. The molecule has 134 valence electrons. The van der Waals surface area contributed by atoms with Crippen LogP contribution in [0.2, 0.25) is 0 Å². The van der Waals surface area contributed by atoms with Crippen LogP contribution in [0.25, 0.3) is 22.2 Å². The zero-order valence-electron chi connectivity index (χ0n) is 15.2. The molecule has 0 spiro atoms. The van der Waals surface area contributed by atoms with Crippen molar-refractivity contribution in [2.75, 3.05) is 19.1 Å². The molecule has 0 aliphatic rings. The van der Waals surface area contributed by atoms with Crippen molar-refractivity contribution in [1.82, 2.24) is 19.9 Å². The van der Waals surface area contributed by atoms with Gasteiger partial charge in [0.25, 0.3) is 0 Å². The van der Waals surface area contributed by atoms with Gasteiger partial charge in [-0.15, -0.1) is 0 Å². The molecule has 0 N–H and O–H groups in total. The van der Waals surface area contributed by atoms with E-state index >= 15 is 0 Å². The number of anilines is 1. The molecular weight excluding hydrogens is 338 g/mol. The highest BCUT2D eigenvalue weighted by Gasteiger charge is 2.12. The monoisotopic (exact) mass is 357 g/mol. The number of ether oxygens (including phenoxy) is 1. The second-order valence-corrected chi connectivity index (χ2v) is 6.17. The molecule has 0 amide bonds. The number of hydrogen-bond donors (Lipinski definition) is 0. The zero-order valence-corrected chi connectivity index (χ0v) is 15.2. The van der Waals surface area contributed by atoms with Crippen LogP contribution in [-0.4, -0.2) is 34.1 Å². The van der Waals surface area contributed by atoms with Crippen molar-refractivity contribution in [3.63, 3.8) is 0 Å². The minimum atomic E-state index is 0.655. The molecule has 0 saturated heterocycles. The van der Waals surface area contributed by atoms with E-state index in [2.05, 4.69) is 32.1 Å². The molecule has 0 unspecified atom stereocenters. The fourth-order valence-corrected chi connectivity index (χ4v) is 3.04. The molecule has 4 aromatic rings. The molecule has 6 nitrogen and oxygen atoms in total. The van der Waals surface area contributed by atoms with Gasteiger partial charge in [0, 0.05) is 49.3 Å². The summed E-state index contributed by atoms with van der Waals surface area (Å²) in [6, 6.07) is 13.8. The lowest BCUT2D eigenvalue weighted by Gasteiger charge is -2.19. The van der Waals surface area contributed by atoms with Gasteiger partial charge in [-0.3, -0.25) is 9.97 Å². The molecule has 3 heterocycles. The van der Waals surface area contributed by atoms with Gasteiger partial charge in [-0.05, 0) is 35.9 Å². The number of fused-ring (bicyclic) bond motifs is 1. The van der Waals surface area contributed by atoms with Crippen molar-refractivity contribution in [3.05, 3.63) is 72.8 Å². The first-order valence-electron chi connectivity index (χ1n) is 8.61. The molecule has 6 heteroatoms. The third kappa shape index (κ3) is 3.42. The molecule has 0 aliphatic carbocycles. The summed E-state index contributed by atoms with van der Waals surface area (Å²) < 4.78 is 5.43. The van der Waals surface area contributed by atoms with Crippen LogP contribution in [0.4, 0.5) is 5.95 Å². The second-order valence-electron chi connectivity index (χ2n) is 6.17. The average molecular weight is 357 g/mol. The summed E-state index contributed by atoms with van der Waals surface area (Å²) in [7, 11) is 3.64. The van der Waals surface area contributed by atoms with E-state index in [4.69, 9.17) is 4.74 Å². The Kier molecular flexibility index (Phi) is 4.61. The predicted molar refractivity (Wildman–Crippen MR) is 106 cm³/mol. The Balaban J connectivity index is 1.65. The topological polar surface area (TPSA) is 64.0 Å². The van der Waals surface area contributed by atoms with Gasteiger partial charge in [-0.1, -0.05) is 12.1 Å². The van der Waals surface area contributed by atoms with Crippen molar-refractivity contribution in [1.29, 1.82) is 0 Å². The molecule has 3 aromatic heterocycles. The fraction of sp³-hybridized carbons (Fsp3) is 0.143. The Labute approximate surface area is 157 Å². The predicted octanol–water partition coefficient (Wildman–Crippen LogP) is 3.73. The van der Waals surface area contributed by atoms with Crippen LogP contribution in [0, 0.1) is 0 Å². The van der Waals surface area contributed by atoms with Crippen LogP contribution < -0.4 is 9.64 Å². The Hall–Kier alpha value is -3.54. The SMILES string of the molecule is COc1ccc(CN(C)c2nccc(-c3cccnc3)n2)c2cccnc12. The minimum Gasteiger partial charge on any atom is -0.494 e. The van der Waals surface area contributed by atoms with Gasteiger partial charge in [0.1, 0.15) is 11.3 Å². The maximum atomic E-state index is 5.43. The number of pyridine rings is 2. The van der Waals surface area contributed by atoms with Crippen LogP contribution in [0.5, 0.6) is 5.75 Å². The third-order valence-electron chi connectivity index (χ3n) is 4.39. The average Bonchev–Trinajstić information content (AvgIpc) is 2.74. The highest BCUT2D eigenvalue weighted by molar-refractivity contribution is 5.87. The van der Waals surface area contributed by atoms with Crippen molar-refractivity contribution >= 4 is 16.9 Å². The van der Waals surface area contributed by atoms with E-state index < -0.39 is 0 Å². The summed E-state index contributed by atoms with van der Waals surface area (Å²) in [5.41, 5.74) is 3.81. The normalized spacial score (nSPS) is 10.7. The summed E-state index contributed by atoms with van der Waals surface area (Å²) in [4.78, 5) is 19.8. The van der Waals surface area contributed by atoms with Gasteiger partial charge >= 0.3 is 0 Å². The number of aromatic nitrogens is 4. The summed E-state index contributed by atoms with van der Waals surface area (Å²) in [6.07, 6.45) is 7.10. The van der Waals surface area contributed by atoms with E-state index in [-0.39, 0.29) is 0 Å². The third-order valence-corrected chi connectivity index (χ3v) is 4.39. The van der Waals surface area contributed by atoms with Gasteiger partial charge in [-0.25, -0.2) is 9.97 Å². The molecule has 0 bridgehead atoms. The van der Waals surface area contributed by atoms with E-state index in [1.807, 2.05) is 42.3 Å². The summed E-state index contributed by atoms with van der Waals surface area (Å²) in [5, 5.41) is 1.06. The van der Waals surface area contributed by atoms with Crippen LogP contribution >= 0.6 is 0 Å². The maximum absolute atomic E-state index is 5.43. The molecule has 27 heavy (non-hydrogen) atoms. The van der Waals surface area contributed by atoms with Crippen LogP contribution in [-0.2, 0) is 6.54 Å². The Morgan fingerprint density at radius 2 is 1.85 bits per heavy atom. The standard InChI is InChI=1S/C21H19N5O/c1-26(21-24-12-9-18(25-21)15-5-3-10-22-13-15)14-16-7-8-19(27-2)20-17(16)6-4-11-23-20/h3-13H,14H2,1-2H3. The van der Waals surface area contributed by atoms with Crippen LogP contribution in [0.1, 0.15) is 5.56 Å². The summed E-state index contributed by atoms with van der Waals surface area (Å²) in [6.45, 7) is 0.655. The van der Waals surface area contributed by atoms with Gasteiger partial charge in [-0.2, -0.15) is 0 Å². The second kappa shape index (κ2) is 7.37. The lowest BCUT2D eigenvalue weighted by Crippen LogP contribution is -2.19. The first-order chi connectivity index (χ1) is 13.3. The minimum absolute atomic E-state index is 0.655. The lowest BCUT2D eigenvalue weighted by molar-refractivity contribution is 0.419. The molecule has 0 atom stereocenters. The van der Waals surface area contributed by atoms with Gasteiger partial charge < -0.3 is 9.64 Å². The molecule has 0 fully saturated rings. The Morgan fingerprint density at radius 3 is 2.67 bits per heavy atom. The van der Waals surface area contributed by atoms with Gasteiger partial charge in [0.2, 0.25) is 5.95 Å². The Bertz CT molecular complexity index is 1070. The number of benzene rings is 1. The first kappa shape index (κ1) is 16.9. The van der Waals surface area contributed by atoms with E-state index in [1.54, 1.807) is 31.9 Å². The van der Waals surface area contributed by atoms with Gasteiger partial charge in [0.15, 0.2) is 0 Å². The van der Waals surface area contributed by atoms with Crippen molar-refractivity contribution in [2.45, 2.75) is 6.54 Å². The van der Waals surface area contributed by atoms with E-state index in [9.17, 15) is 0 Å². The molecule has 1 aromatic carbocycles. The smallest absolute Gasteiger partial charge is 0.225 e. The van der Waals surface area contributed by atoms with Gasteiger partial charge in [0.05, 0.1) is 12.8 Å². The van der Waals surface area contributed by atoms with E-state index in [1.165, 1.54) is 0 Å². The highest BCUT2D eigenvalue weighted by Crippen LogP contribution is 2.28. The number of methoxy groups -OCH3 is 1. The number of rotatable bonds is 5. The van der Waals surface area contributed by atoms with Crippen LogP contribution in [0.3, 0.4) is 0 Å². The van der Waals surface area contributed by atoms with E-state index in [0.717, 1.165) is 33.5 Å². The summed E-state index contributed by atoms with van der Waals surface area (Å²) >= 11 is 0. The lowest BCUT2D eigenvalue weighted by atomic mass is 10.1. The van der Waals surface area contributed by atoms with E-state index in [0.29, 0.717) is 12.5 Å². The van der Waals surface area contributed by atoms with Crippen molar-refractivity contribution < 1.29 is 4.74 Å². The van der Waals surface area contributed by atoms with Crippen molar-refractivity contribution in [2.24, 2.45) is 0 Å². The summed E-state index contributed by atoms with van der Waals surface area (Å²) in [5.74, 6) is 1.43. The molecule has 0 radical (unpaired) electrons. The number of hydrogen-bond acceptors (Lipinski definition) is 6. The molecule has 4 rings (SSSR count). The largest absolute Gasteiger partial charge is 0.494 e. The molecule has 0 saturated carbocycles. The molecular formula is C21H19N5O. The molecule has 0 aliphatic heterocycles. The number of nitrogens with zero attached hydrogens (tertiary/aromatic N) is 5. The maximum Gasteiger partial charge on any atom is 0.225 e. The highest BCUT2D eigenvalue weighted by atomic mass is 16.5. The zero-order chi connectivity index (χ0) is 18.6. The van der Waals surface area contributed by atoms with Crippen molar-refractivity contribution in [3.8, 4) is 17.0 Å².